The fourth-order valence-electron chi connectivity index (χ4n) is 2.36. The minimum absolute atomic E-state index is 0.0270. The van der Waals surface area contributed by atoms with Crippen LogP contribution in [0.4, 0.5) is 0 Å². The molecule has 1 aromatic rings. The SMILES string of the molecule is CCOCC(C)N1CCOCC1c1nnc(C(C)C)o1. The van der Waals surface area contributed by atoms with Crippen LogP contribution in [0, 0.1) is 0 Å². The smallest absolute Gasteiger partial charge is 0.236 e. The van der Waals surface area contributed by atoms with Gasteiger partial charge in [-0.15, -0.1) is 10.2 Å². The van der Waals surface area contributed by atoms with E-state index in [0.29, 0.717) is 31.0 Å². The molecule has 6 heteroatoms. The first-order valence-electron chi connectivity index (χ1n) is 7.38. The molecule has 0 N–H and O–H groups in total. The zero-order valence-corrected chi connectivity index (χ0v) is 12.8. The number of nitrogens with zero attached hydrogens (tertiary/aromatic N) is 3. The van der Waals surface area contributed by atoms with Crippen LogP contribution >= 0.6 is 0 Å². The number of hydrogen-bond donors (Lipinski definition) is 0. The molecular formula is C14H25N3O3. The molecule has 114 valence electrons. The van der Waals surface area contributed by atoms with Crippen molar-refractivity contribution in [3.05, 3.63) is 11.8 Å². The van der Waals surface area contributed by atoms with E-state index in [-0.39, 0.29) is 12.0 Å². The van der Waals surface area contributed by atoms with Crippen LogP contribution in [0.1, 0.15) is 51.4 Å². The number of aromatic nitrogens is 2. The molecule has 1 aromatic heterocycles. The van der Waals surface area contributed by atoms with Crippen LogP contribution in [0.5, 0.6) is 0 Å². The first-order valence-corrected chi connectivity index (χ1v) is 7.38. The van der Waals surface area contributed by atoms with Gasteiger partial charge in [0, 0.05) is 25.1 Å². The monoisotopic (exact) mass is 283 g/mol. The lowest BCUT2D eigenvalue weighted by Gasteiger charge is -2.37. The Hall–Kier alpha value is -0.980. The Morgan fingerprint density at radius 1 is 1.35 bits per heavy atom. The van der Waals surface area contributed by atoms with Crippen molar-refractivity contribution in [3.8, 4) is 0 Å². The predicted octanol–water partition coefficient (Wildman–Crippen LogP) is 1.99. The van der Waals surface area contributed by atoms with Crippen molar-refractivity contribution in [3.63, 3.8) is 0 Å². The average molecular weight is 283 g/mol. The van der Waals surface area contributed by atoms with E-state index in [9.17, 15) is 0 Å². The largest absolute Gasteiger partial charge is 0.423 e. The van der Waals surface area contributed by atoms with Crippen molar-refractivity contribution in [2.24, 2.45) is 0 Å². The van der Waals surface area contributed by atoms with Crippen molar-refractivity contribution in [2.75, 3.05) is 33.0 Å². The van der Waals surface area contributed by atoms with Crippen LogP contribution in [-0.2, 0) is 9.47 Å². The van der Waals surface area contributed by atoms with Crippen molar-refractivity contribution < 1.29 is 13.9 Å². The molecule has 2 heterocycles. The van der Waals surface area contributed by atoms with Gasteiger partial charge in [0.15, 0.2) is 0 Å². The minimum atomic E-state index is 0.0270. The molecular weight excluding hydrogens is 258 g/mol. The van der Waals surface area contributed by atoms with Crippen LogP contribution < -0.4 is 0 Å². The van der Waals surface area contributed by atoms with Crippen LogP contribution in [0.25, 0.3) is 0 Å². The van der Waals surface area contributed by atoms with E-state index in [4.69, 9.17) is 13.9 Å². The molecule has 1 aliphatic rings. The molecule has 0 radical (unpaired) electrons. The Morgan fingerprint density at radius 3 is 2.80 bits per heavy atom. The molecule has 1 aliphatic heterocycles. The summed E-state index contributed by atoms with van der Waals surface area (Å²) in [6.07, 6.45) is 0. The zero-order chi connectivity index (χ0) is 14.5. The summed E-state index contributed by atoms with van der Waals surface area (Å²) in [5, 5.41) is 8.31. The lowest BCUT2D eigenvalue weighted by Crippen LogP contribution is -2.46. The van der Waals surface area contributed by atoms with Crippen LogP contribution in [0.15, 0.2) is 4.42 Å². The van der Waals surface area contributed by atoms with Crippen LogP contribution in [-0.4, -0.2) is 54.1 Å². The predicted molar refractivity (Wildman–Crippen MR) is 74.6 cm³/mol. The topological polar surface area (TPSA) is 60.6 Å². The molecule has 1 fully saturated rings. The maximum atomic E-state index is 5.78. The second kappa shape index (κ2) is 7.15. The van der Waals surface area contributed by atoms with Gasteiger partial charge in [-0.3, -0.25) is 4.90 Å². The molecule has 0 bridgehead atoms. The third-order valence-corrected chi connectivity index (χ3v) is 3.53. The Labute approximate surface area is 120 Å². The molecule has 0 amide bonds. The Bertz CT molecular complexity index is 408. The summed E-state index contributed by atoms with van der Waals surface area (Å²) in [4.78, 5) is 2.33. The summed E-state index contributed by atoms with van der Waals surface area (Å²) in [6.45, 7) is 11.9. The second-order valence-electron chi connectivity index (χ2n) is 5.47. The molecule has 0 aromatic carbocycles. The highest BCUT2D eigenvalue weighted by Crippen LogP contribution is 2.26. The van der Waals surface area contributed by atoms with Crippen LogP contribution in [0.2, 0.25) is 0 Å². The maximum Gasteiger partial charge on any atom is 0.236 e. The lowest BCUT2D eigenvalue weighted by atomic mass is 10.1. The van der Waals surface area contributed by atoms with E-state index >= 15 is 0 Å². The van der Waals surface area contributed by atoms with Gasteiger partial charge in [0.2, 0.25) is 11.8 Å². The van der Waals surface area contributed by atoms with Gasteiger partial charge >= 0.3 is 0 Å². The third-order valence-electron chi connectivity index (χ3n) is 3.53. The Kier molecular flexibility index (Phi) is 5.51. The zero-order valence-electron chi connectivity index (χ0n) is 12.8. The summed E-state index contributed by atoms with van der Waals surface area (Å²) in [7, 11) is 0. The van der Waals surface area contributed by atoms with Gasteiger partial charge in [-0.05, 0) is 13.8 Å². The third kappa shape index (κ3) is 3.56. The van der Waals surface area contributed by atoms with Gasteiger partial charge in [-0.25, -0.2) is 0 Å². The van der Waals surface area contributed by atoms with Crippen molar-refractivity contribution in [1.82, 2.24) is 15.1 Å². The summed E-state index contributed by atoms with van der Waals surface area (Å²) in [5.41, 5.74) is 0. The highest BCUT2D eigenvalue weighted by atomic mass is 16.5. The van der Waals surface area contributed by atoms with Gasteiger partial charge in [0.05, 0.1) is 19.8 Å². The normalized spacial score (nSPS) is 22.4. The van der Waals surface area contributed by atoms with Crippen molar-refractivity contribution >= 4 is 0 Å². The first kappa shape index (κ1) is 15.4. The summed E-state index contributed by atoms with van der Waals surface area (Å²) in [5.74, 6) is 1.58. The summed E-state index contributed by atoms with van der Waals surface area (Å²) >= 11 is 0. The maximum absolute atomic E-state index is 5.78. The van der Waals surface area contributed by atoms with E-state index in [1.54, 1.807) is 0 Å². The summed E-state index contributed by atoms with van der Waals surface area (Å²) in [6, 6.07) is 0.331. The molecule has 20 heavy (non-hydrogen) atoms. The first-order chi connectivity index (χ1) is 9.63. The number of hydrogen-bond acceptors (Lipinski definition) is 6. The minimum Gasteiger partial charge on any atom is -0.423 e. The fraction of sp³-hybridized carbons (Fsp3) is 0.857. The quantitative estimate of drug-likeness (QED) is 0.795. The van der Waals surface area contributed by atoms with Crippen molar-refractivity contribution in [1.29, 1.82) is 0 Å². The Morgan fingerprint density at radius 2 is 2.15 bits per heavy atom. The molecule has 0 saturated carbocycles. The molecule has 2 unspecified atom stereocenters. The number of morpholine rings is 1. The van der Waals surface area contributed by atoms with E-state index in [1.807, 2.05) is 20.8 Å². The standard InChI is InChI=1S/C14H25N3O3/c1-5-18-8-11(4)17-6-7-19-9-12(17)14-16-15-13(20-14)10(2)3/h10-12H,5-9H2,1-4H3. The van der Waals surface area contributed by atoms with Crippen molar-refractivity contribution in [2.45, 2.75) is 45.7 Å². The van der Waals surface area contributed by atoms with E-state index in [1.165, 1.54) is 0 Å². The number of rotatable bonds is 6. The van der Waals surface area contributed by atoms with Crippen LogP contribution in [0.3, 0.4) is 0 Å². The van der Waals surface area contributed by atoms with Gasteiger partial charge in [-0.2, -0.15) is 0 Å². The van der Waals surface area contributed by atoms with Gasteiger partial charge in [-0.1, -0.05) is 13.8 Å². The summed E-state index contributed by atoms with van der Waals surface area (Å²) < 4.78 is 16.9. The highest BCUT2D eigenvalue weighted by molar-refractivity contribution is 4.96. The number of ether oxygens (including phenoxy) is 2. The van der Waals surface area contributed by atoms with Gasteiger partial charge in [0.25, 0.3) is 0 Å². The van der Waals surface area contributed by atoms with Gasteiger partial charge in [0.1, 0.15) is 6.04 Å². The molecule has 2 atom stereocenters. The van der Waals surface area contributed by atoms with E-state index in [0.717, 1.165) is 19.8 Å². The highest BCUT2D eigenvalue weighted by Gasteiger charge is 2.32. The second-order valence-corrected chi connectivity index (χ2v) is 5.47. The Balaban J connectivity index is 2.09. The molecule has 0 spiro atoms. The fourth-order valence-corrected chi connectivity index (χ4v) is 2.36. The molecule has 2 rings (SSSR count). The van der Waals surface area contributed by atoms with E-state index in [2.05, 4.69) is 22.0 Å². The van der Waals surface area contributed by atoms with Gasteiger partial charge < -0.3 is 13.9 Å². The molecule has 1 saturated heterocycles. The molecule has 6 nitrogen and oxygen atoms in total. The molecule has 0 aliphatic carbocycles. The average Bonchev–Trinajstić information content (AvgIpc) is 2.94. The van der Waals surface area contributed by atoms with E-state index < -0.39 is 0 Å². The lowest BCUT2D eigenvalue weighted by molar-refractivity contribution is -0.0528.